The third kappa shape index (κ3) is 3.65. The lowest BCUT2D eigenvalue weighted by Gasteiger charge is -2.03. The van der Waals surface area contributed by atoms with Gasteiger partial charge >= 0.3 is 0 Å². The molecule has 1 heterocycles. The molecular weight excluding hydrogens is 236 g/mol. The van der Waals surface area contributed by atoms with E-state index in [-0.39, 0.29) is 0 Å². The second kappa shape index (κ2) is 6.31. The van der Waals surface area contributed by atoms with Crippen LogP contribution in [0.3, 0.4) is 0 Å². The average molecular weight is 250 g/mol. The summed E-state index contributed by atoms with van der Waals surface area (Å²) in [6.07, 6.45) is 3.57. The van der Waals surface area contributed by atoms with Crippen LogP contribution in [0.4, 0.5) is 0 Å². The van der Waals surface area contributed by atoms with Crippen molar-refractivity contribution in [1.82, 2.24) is 10.3 Å². The zero-order valence-electron chi connectivity index (χ0n) is 10.7. The maximum atomic E-state index is 8.76. The predicted molar refractivity (Wildman–Crippen MR) is 74.4 cm³/mol. The van der Waals surface area contributed by atoms with E-state index in [0.717, 1.165) is 5.56 Å². The van der Waals surface area contributed by atoms with E-state index in [1.807, 2.05) is 55.6 Å². The smallest absolute Gasteiger partial charge is 0.182 e. The summed E-state index contributed by atoms with van der Waals surface area (Å²) < 4.78 is 0. The van der Waals surface area contributed by atoms with Crippen LogP contribution in [0.2, 0.25) is 0 Å². The number of nitrogens with zero attached hydrogens (tertiary/aromatic N) is 3. The number of aromatic nitrogens is 1. The van der Waals surface area contributed by atoms with Gasteiger partial charge in [-0.1, -0.05) is 35.9 Å². The first-order chi connectivity index (χ1) is 9.29. The van der Waals surface area contributed by atoms with Gasteiger partial charge in [0.25, 0.3) is 0 Å². The molecule has 4 heteroatoms. The number of nitrogens with one attached hydrogen (secondary N) is 1. The number of aliphatic imine (C=N–C) groups is 1. The molecule has 0 atom stereocenters. The third-order valence-electron chi connectivity index (χ3n) is 2.62. The van der Waals surface area contributed by atoms with Crippen molar-refractivity contribution in [2.24, 2.45) is 4.99 Å². The lowest BCUT2D eigenvalue weighted by Crippen LogP contribution is -2.20. The topological polar surface area (TPSA) is 61.1 Å². The Morgan fingerprint density at radius 1 is 1.26 bits per heavy atom. The van der Waals surface area contributed by atoms with Crippen LogP contribution in [-0.4, -0.2) is 10.8 Å². The number of hydrogen-bond donors (Lipinski definition) is 1. The summed E-state index contributed by atoms with van der Waals surface area (Å²) in [5.74, 6) is 0.490. The molecule has 1 N–H and O–H groups in total. The molecule has 0 fully saturated rings. The van der Waals surface area contributed by atoms with Crippen LogP contribution in [0.25, 0.3) is 0 Å². The summed E-state index contributed by atoms with van der Waals surface area (Å²) >= 11 is 0. The molecule has 1 aromatic heterocycles. The molecule has 0 spiro atoms. The third-order valence-corrected chi connectivity index (χ3v) is 2.62. The van der Waals surface area contributed by atoms with Gasteiger partial charge in [-0.2, -0.15) is 5.26 Å². The summed E-state index contributed by atoms with van der Waals surface area (Å²) in [6, 6.07) is 13.7. The van der Waals surface area contributed by atoms with Crippen LogP contribution in [0.1, 0.15) is 16.8 Å². The minimum atomic E-state index is 0.490. The maximum Gasteiger partial charge on any atom is 0.182 e. The van der Waals surface area contributed by atoms with Crippen LogP contribution < -0.4 is 5.32 Å². The fourth-order valence-electron chi connectivity index (χ4n) is 1.60. The van der Waals surface area contributed by atoms with Gasteiger partial charge in [-0.15, -0.1) is 0 Å². The Hall–Kier alpha value is -2.67. The monoisotopic (exact) mass is 250 g/mol. The van der Waals surface area contributed by atoms with Gasteiger partial charge in [-0.3, -0.25) is 15.3 Å². The number of amidine groups is 1. The van der Waals surface area contributed by atoms with Crippen molar-refractivity contribution in [3.05, 3.63) is 65.5 Å². The Labute approximate surface area is 112 Å². The quantitative estimate of drug-likeness (QED) is 0.394. The Morgan fingerprint density at radius 2 is 2.05 bits per heavy atom. The van der Waals surface area contributed by atoms with Gasteiger partial charge in [0, 0.05) is 6.20 Å². The molecule has 0 saturated heterocycles. The molecule has 0 radical (unpaired) electrons. The lowest BCUT2D eigenvalue weighted by molar-refractivity contribution is 1.03. The molecule has 0 aliphatic carbocycles. The molecule has 2 aromatic rings. The van der Waals surface area contributed by atoms with E-state index < -0.39 is 0 Å². The van der Waals surface area contributed by atoms with E-state index in [9.17, 15) is 0 Å². The van der Waals surface area contributed by atoms with E-state index in [1.54, 1.807) is 6.20 Å². The highest BCUT2D eigenvalue weighted by atomic mass is 15.0. The number of pyridine rings is 1. The molecule has 0 amide bonds. The normalized spacial score (nSPS) is 10.8. The van der Waals surface area contributed by atoms with Crippen LogP contribution in [0.15, 0.2) is 53.7 Å². The maximum absolute atomic E-state index is 8.76. The Morgan fingerprint density at radius 3 is 2.68 bits per heavy atom. The zero-order valence-corrected chi connectivity index (χ0v) is 10.7. The molecule has 4 nitrogen and oxygen atoms in total. The highest BCUT2D eigenvalue weighted by Gasteiger charge is 2.03. The average Bonchev–Trinajstić information content (AvgIpc) is 2.46. The summed E-state index contributed by atoms with van der Waals surface area (Å²) in [7, 11) is 0. The van der Waals surface area contributed by atoms with Gasteiger partial charge in [0.05, 0.1) is 6.54 Å². The molecule has 94 valence electrons. The largest absolute Gasteiger partial charge is 0.275 e. The minimum Gasteiger partial charge on any atom is -0.275 e. The fourth-order valence-corrected chi connectivity index (χ4v) is 1.60. The van der Waals surface area contributed by atoms with Gasteiger partial charge < -0.3 is 0 Å². The molecule has 0 unspecified atom stereocenters. The molecule has 0 aliphatic rings. The highest BCUT2D eigenvalue weighted by molar-refractivity contribution is 5.97. The van der Waals surface area contributed by atoms with Gasteiger partial charge in [0.1, 0.15) is 5.69 Å². The van der Waals surface area contributed by atoms with Crippen LogP contribution in [0.5, 0.6) is 0 Å². The predicted octanol–water partition coefficient (Wildman–Crippen LogP) is 2.41. The van der Waals surface area contributed by atoms with Crippen LogP contribution >= 0.6 is 0 Å². The highest BCUT2D eigenvalue weighted by Crippen LogP contribution is 2.05. The first-order valence-corrected chi connectivity index (χ1v) is 5.96. The second-order valence-electron chi connectivity index (χ2n) is 4.10. The molecule has 0 saturated carbocycles. The molecule has 2 rings (SSSR count). The van der Waals surface area contributed by atoms with Gasteiger partial charge in [-0.05, 0) is 24.6 Å². The van der Waals surface area contributed by atoms with Crippen LogP contribution in [0, 0.1) is 18.4 Å². The van der Waals surface area contributed by atoms with Crippen molar-refractivity contribution in [2.45, 2.75) is 13.5 Å². The fraction of sp³-hybridized carbons (Fsp3) is 0.133. The van der Waals surface area contributed by atoms with Gasteiger partial charge in [0.2, 0.25) is 0 Å². The Kier molecular flexibility index (Phi) is 4.25. The molecule has 1 aromatic carbocycles. The number of rotatable bonds is 3. The standard InChI is InChI=1S/C15H14N4/c1-12-5-7-13(8-6-12)10-18-15(19-11-16)14-4-2-3-9-17-14/h2-9H,10H2,1H3,(H,18,19). The van der Waals surface area contributed by atoms with E-state index in [0.29, 0.717) is 18.1 Å². The molecule has 0 aliphatic heterocycles. The zero-order chi connectivity index (χ0) is 13.5. The minimum absolute atomic E-state index is 0.490. The number of nitriles is 1. The summed E-state index contributed by atoms with van der Waals surface area (Å²) in [5.41, 5.74) is 2.97. The first-order valence-electron chi connectivity index (χ1n) is 5.96. The van der Waals surface area contributed by atoms with Crippen molar-refractivity contribution >= 4 is 5.84 Å². The van der Waals surface area contributed by atoms with Gasteiger partial charge in [-0.25, -0.2) is 0 Å². The lowest BCUT2D eigenvalue weighted by atomic mass is 10.1. The van der Waals surface area contributed by atoms with Crippen molar-refractivity contribution in [3.8, 4) is 6.19 Å². The Balaban J connectivity index is 2.18. The number of aryl methyl sites for hydroxylation is 1. The van der Waals surface area contributed by atoms with E-state index in [1.165, 1.54) is 5.56 Å². The van der Waals surface area contributed by atoms with Gasteiger partial charge in [0.15, 0.2) is 12.0 Å². The first kappa shape index (κ1) is 12.8. The SMILES string of the molecule is Cc1ccc(CN=C(NC#N)c2ccccn2)cc1. The second-order valence-corrected chi connectivity index (χ2v) is 4.10. The van der Waals surface area contributed by atoms with Crippen molar-refractivity contribution in [3.63, 3.8) is 0 Å². The van der Waals surface area contributed by atoms with Crippen molar-refractivity contribution in [2.75, 3.05) is 0 Å². The molecule has 19 heavy (non-hydrogen) atoms. The molecular formula is C15H14N4. The van der Waals surface area contributed by atoms with Crippen molar-refractivity contribution in [1.29, 1.82) is 5.26 Å². The molecule has 0 bridgehead atoms. The van der Waals surface area contributed by atoms with E-state index in [4.69, 9.17) is 5.26 Å². The van der Waals surface area contributed by atoms with E-state index in [2.05, 4.69) is 15.3 Å². The summed E-state index contributed by atoms with van der Waals surface area (Å²) in [4.78, 5) is 8.58. The van der Waals surface area contributed by atoms with Crippen LogP contribution in [-0.2, 0) is 6.54 Å². The Bertz CT molecular complexity index is 594. The van der Waals surface area contributed by atoms with E-state index >= 15 is 0 Å². The summed E-state index contributed by atoms with van der Waals surface area (Å²) in [5, 5.41) is 11.3. The van der Waals surface area contributed by atoms with Crippen molar-refractivity contribution < 1.29 is 0 Å². The number of benzene rings is 1. The number of hydrogen-bond acceptors (Lipinski definition) is 3. The summed E-state index contributed by atoms with van der Waals surface area (Å²) in [6.45, 7) is 2.56.